The zero-order chi connectivity index (χ0) is 16.4. The number of carbonyl (C=O) groups is 1. The Balaban J connectivity index is 1.47. The molecular formula is C18H15NO4S. The van der Waals surface area contributed by atoms with Crippen molar-refractivity contribution in [3.63, 3.8) is 0 Å². The standard InChI is InChI=1S/C18H15NO4S/c20-14(11-24-18-19-13-4-1-2-5-15(13)23-18)12-6-7-16-17(10-12)22-9-3-8-21-16/h1-2,4-7,10H,3,8-9,11H2. The molecule has 0 unspecified atom stereocenters. The third kappa shape index (κ3) is 3.10. The van der Waals surface area contributed by atoms with Crippen LogP contribution in [0.3, 0.4) is 0 Å². The number of rotatable bonds is 4. The van der Waals surface area contributed by atoms with Gasteiger partial charge in [0, 0.05) is 12.0 Å². The predicted molar refractivity (Wildman–Crippen MR) is 91.1 cm³/mol. The summed E-state index contributed by atoms with van der Waals surface area (Å²) in [6.45, 7) is 1.23. The Morgan fingerprint density at radius 1 is 1.08 bits per heavy atom. The molecule has 6 heteroatoms. The van der Waals surface area contributed by atoms with Crippen LogP contribution in [0.1, 0.15) is 16.8 Å². The van der Waals surface area contributed by atoms with Crippen LogP contribution in [-0.2, 0) is 0 Å². The molecule has 0 N–H and O–H groups in total. The summed E-state index contributed by atoms with van der Waals surface area (Å²) < 4.78 is 16.8. The molecule has 3 aromatic rings. The van der Waals surface area contributed by atoms with Gasteiger partial charge < -0.3 is 13.9 Å². The number of ether oxygens (including phenoxy) is 2. The van der Waals surface area contributed by atoms with E-state index in [9.17, 15) is 4.79 Å². The molecule has 0 spiro atoms. The van der Waals surface area contributed by atoms with Gasteiger partial charge in [-0.3, -0.25) is 4.79 Å². The van der Waals surface area contributed by atoms with Crippen LogP contribution in [0.2, 0.25) is 0 Å². The van der Waals surface area contributed by atoms with E-state index in [1.165, 1.54) is 11.8 Å². The van der Waals surface area contributed by atoms with Crippen LogP contribution in [0.5, 0.6) is 11.5 Å². The van der Waals surface area contributed by atoms with Crippen LogP contribution >= 0.6 is 11.8 Å². The van der Waals surface area contributed by atoms with Crippen molar-refractivity contribution >= 4 is 28.6 Å². The minimum absolute atomic E-state index is 0.00194. The molecule has 2 heterocycles. The second-order valence-corrected chi connectivity index (χ2v) is 6.30. The van der Waals surface area contributed by atoms with Crippen molar-refractivity contribution in [1.29, 1.82) is 0 Å². The first-order valence-electron chi connectivity index (χ1n) is 7.71. The first-order chi connectivity index (χ1) is 11.8. The van der Waals surface area contributed by atoms with E-state index in [-0.39, 0.29) is 11.5 Å². The summed E-state index contributed by atoms with van der Waals surface area (Å²) in [7, 11) is 0. The molecule has 1 aliphatic rings. The number of hydrogen-bond donors (Lipinski definition) is 0. The van der Waals surface area contributed by atoms with E-state index in [4.69, 9.17) is 13.9 Å². The fourth-order valence-electron chi connectivity index (χ4n) is 2.46. The van der Waals surface area contributed by atoms with Gasteiger partial charge in [-0.15, -0.1) is 0 Å². The Morgan fingerprint density at radius 3 is 2.79 bits per heavy atom. The van der Waals surface area contributed by atoms with Gasteiger partial charge in [-0.2, -0.15) is 0 Å². The highest BCUT2D eigenvalue weighted by atomic mass is 32.2. The minimum atomic E-state index is -0.00194. The second kappa shape index (κ2) is 6.57. The van der Waals surface area contributed by atoms with Crippen LogP contribution in [0.4, 0.5) is 0 Å². The molecular weight excluding hydrogens is 326 g/mol. The molecule has 0 saturated heterocycles. The molecule has 4 rings (SSSR count). The molecule has 5 nitrogen and oxygen atoms in total. The predicted octanol–water partition coefficient (Wildman–Crippen LogP) is 3.96. The number of Topliss-reactive ketones (excluding diaryl/α,β-unsaturated/α-hetero) is 1. The van der Waals surface area contributed by atoms with Gasteiger partial charge in [-0.25, -0.2) is 4.98 Å². The minimum Gasteiger partial charge on any atom is -0.490 e. The van der Waals surface area contributed by atoms with Gasteiger partial charge in [0.25, 0.3) is 5.22 Å². The third-order valence-electron chi connectivity index (χ3n) is 3.67. The summed E-state index contributed by atoms with van der Waals surface area (Å²) in [6.07, 6.45) is 0.839. The number of oxazole rings is 1. The smallest absolute Gasteiger partial charge is 0.257 e. The number of nitrogens with zero attached hydrogens (tertiary/aromatic N) is 1. The van der Waals surface area contributed by atoms with E-state index in [0.29, 0.717) is 35.5 Å². The van der Waals surface area contributed by atoms with Gasteiger partial charge in [0.15, 0.2) is 22.9 Å². The highest BCUT2D eigenvalue weighted by molar-refractivity contribution is 7.99. The lowest BCUT2D eigenvalue weighted by molar-refractivity contribution is 0.102. The van der Waals surface area contributed by atoms with E-state index in [2.05, 4.69) is 4.98 Å². The van der Waals surface area contributed by atoms with Gasteiger partial charge in [-0.1, -0.05) is 23.9 Å². The third-order valence-corrected chi connectivity index (χ3v) is 4.50. The maximum absolute atomic E-state index is 12.4. The lowest BCUT2D eigenvalue weighted by Crippen LogP contribution is -2.03. The summed E-state index contributed by atoms with van der Waals surface area (Å²) in [5.41, 5.74) is 2.12. The average molecular weight is 341 g/mol. The molecule has 122 valence electrons. The molecule has 0 saturated carbocycles. The fourth-order valence-corrected chi connectivity index (χ4v) is 3.19. The van der Waals surface area contributed by atoms with Gasteiger partial charge in [0.05, 0.1) is 19.0 Å². The lowest BCUT2D eigenvalue weighted by atomic mass is 10.1. The summed E-state index contributed by atoms with van der Waals surface area (Å²) in [6, 6.07) is 12.8. The zero-order valence-electron chi connectivity index (χ0n) is 12.9. The van der Waals surface area contributed by atoms with Crippen molar-refractivity contribution in [3.8, 4) is 11.5 Å². The summed E-state index contributed by atoms with van der Waals surface area (Å²) in [5.74, 6) is 1.57. The molecule has 2 aromatic carbocycles. The largest absolute Gasteiger partial charge is 0.490 e. The number of aromatic nitrogens is 1. The van der Waals surface area contributed by atoms with E-state index < -0.39 is 0 Å². The summed E-state index contributed by atoms with van der Waals surface area (Å²) in [5, 5.41) is 0.499. The van der Waals surface area contributed by atoms with Crippen molar-refractivity contribution in [3.05, 3.63) is 48.0 Å². The molecule has 0 amide bonds. The number of hydrogen-bond acceptors (Lipinski definition) is 6. The fraction of sp³-hybridized carbons (Fsp3) is 0.222. The van der Waals surface area contributed by atoms with Crippen molar-refractivity contribution in [2.75, 3.05) is 19.0 Å². The Hall–Kier alpha value is -2.47. The number of carbonyl (C=O) groups excluding carboxylic acids is 1. The van der Waals surface area contributed by atoms with Crippen LogP contribution < -0.4 is 9.47 Å². The number of ketones is 1. The first kappa shape index (κ1) is 15.1. The molecule has 1 aliphatic heterocycles. The summed E-state index contributed by atoms with van der Waals surface area (Å²) >= 11 is 1.29. The Kier molecular flexibility index (Phi) is 4.13. The Bertz CT molecular complexity index is 857. The molecule has 0 aliphatic carbocycles. The van der Waals surface area contributed by atoms with E-state index in [0.717, 1.165) is 17.5 Å². The van der Waals surface area contributed by atoms with Crippen molar-refractivity contribution in [2.45, 2.75) is 11.6 Å². The maximum Gasteiger partial charge on any atom is 0.257 e. The molecule has 1 aromatic heterocycles. The monoisotopic (exact) mass is 341 g/mol. The van der Waals surface area contributed by atoms with Gasteiger partial charge in [0.1, 0.15) is 5.52 Å². The average Bonchev–Trinajstić information content (AvgIpc) is 2.88. The maximum atomic E-state index is 12.4. The first-order valence-corrected chi connectivity index (χ1v) is 8.69. The Morgan fingerprint density at radius 2 is 1.92 bits per heavy atom. The van der Waals surface area contributed by atoms with Crippen molar-refractivity contribution < 1.29 is 18.7 Å². The SMILES string of the molecule is O=C(CSc1nc2ccccc2o1)c1ccc2c(c1)OCCCO2. The number of thioether (sulfide) groups is 1. The molecule has 0 fully saturated rings. The Labute approximate surface area is 143 Å². The molecule has 0 radical (unpaired) electrons. The van der Waals surface area contributed by atoms with Crippen LogP contribution in [0, 0.1) is 0 Å². The van der Waals surface area contributed by atoms with Crippen LogP contribution in [0.15, 0.2) is 52.1 Å². The number of benzene rings is 2. The highest BCUT2D eigenvalue weighted by Gasteiger charge is 2.15. The topological polar surface area (TPSA) is 61.6 Å². The molecule has 0 bridgehead atoms. The van der Waals surface area contributed by atoms with E-state index in [1.807, 2.05) is 24.3 Å². The van der Waals surface area contributed by atoms with Crippen LogP contribution in [-0.4, -0.2) is 29.7 Å². The van der Waals surface area contributed by atoms with Gasteiger partial charge >= 0.3 is 0 Å². The van der Waals surface area contributed by atoms with Crippen molar-refractivity contribution in [2.24, 2.45) is 0 Å². The van der Waals surface area contributed by atoms with Gasteiger partial charge in [-0.05, 0) is 30.3 Å². The van der Waals surface area contributed by atoms with Gasteiger partial charge in [0.2, 0.25) is 0 Å². The zero-order valence-corrected chi connectivity index (χ0v) is 13.7. The van der Waals surface area contributed by atoms with E-state index in [1.54, 1.807) is 18.2 Å². The lowest BCUT2D eigenvalue weighted by Gasteiger charge is -2.08. The van der Waals surface area contributed by atoms with E-state index >= 15 is 0 Å². The number of fused-ring (bicyclic) bond motifs is 2. The van der Waals surface area contributed by atoms with Crippen LogP contribution in [0.25, 0.3) is 11.1 Å². The quantitative estimate of drug-likeness (QED) is 0.529. The normalized spacial score (nSPS) is 13.7. The van der Waals surface area contributed by atoms with Crippen molar-refractivity contribution in [1.82, 2.24) is 4.98 Å². The second-order valence-electron chi connectivity index (χ2n) is 5.37. The molecule has 0 atom stereocenters. The number of para-hydroxylation sites is 2. The summed E-state index contributed by atoms with van der Waals surface area (Å²) in [4.78, 5) is 16.8. The highest BCUT2D eigenvalue weighted by Crippen LogP contribution is 2.31. The molecule has 24 heavy (non-hydrogen) atoms.